The second-order valence-electron chi connectivity index (χ2n) is 3.48. The standard InChI is InChI=1S/C7H10FNO3.ClH/c8-7(5(10)11)2-9-1-6(7)3-12-4-6;/h9H,1-4H2,(H,10,11);1H. The highest BCUT2D eigenvalue weighted by atomic mass is 35.5. The van der Waals surface area contributed by atoms with Crippen molar-refractivity contribution in [2.45, 2.75) is 5.67 Å². The summed E-state index contributed by atoms with van der Waals surface area (Å²) in [5.41, 5.74) is -2.94. The molecule has 0 aliphatic carbocycles. The van der Waals surface area contributed by atoms with Crippen LogP contribution in [0, 0.1) is 5.41 Å². The SMILES string of the molecule is Cl.O=C(O)C1(F)CNCC12COC2. The monoisotopic (exact) mass is 211 g/mol. The Morgan fingerprint density at radius 3 is 2.38 bits per heavy atom. The average Bonchev–Trinajstić information content (AvgIpc) is 2.26. The Hall–Kier alpha value is -0.390. The second kappa shape index (κ2) is 3.08. The van der Waals surface area contributed by atoms with E-state index in [0.717, 1.165) is 0 Å². The molecule has 0 amide bonds. The van der Waals surface area contributed by atoms with Gasteiger partial charge in [0.15, 0.2) is 0 Å². The zero-order valence-corrected chi connectivity index (χ0v) is 7.69. The van der Waals surface area contributed by atoms with Crippen LogP contribution >= 0.6 is 12.4 Å². The van der Waals surface area contributed by atoms with E-state index in [0.29, 0.717) is 6.54 Å². The van der Waals surface area contributed by atoms with Gasteiger partial charge in [-0.1, -0.05) is 0 Å². The Bertz CT molecular complexity index is 234. The van der Waals surface area contributed by atoms with Gasteiger partial charge in [0.05, 0.1) is 18.6 Å². The molecule has 6 heteroatoms. The van der Waals surface area contributed by atoms with E-state index in [1.807, 2.05) is 0 Å². The zero-order valence-electron chi connectivity index (χ0n) is 6.88. The van der Waals surface area contributed by atoms with Crippen LogP contribution in [0.15, 0.2) is 0 Å². The average molecular weight is 212 g/mol. The number of carboxylic acid groups (broad SMARTS) is 1. The Morgan fingerprint density at radius 1 is 1.46 bits per heavy atom. The van der Waals surface area contributed by atoms with E-state index in [4.69, 9.17) is 9.84 Å². The molecule has 2 heterocycles. The van der Waals surface area contributed by atoms with Crippen LogP contribution in [-0.2, 0) is 9.53 Å². The summed E-state index contributed by atoms with van der Waals surface area (Å²) in [6.07, 6.45) is 0. The summed E-state index contributed by atoms with van der Waals surface area (Å²) in [6.45, 7) is 0.715. The van der Waals surface area contributed by atoms with Crippen molar-refractivity contribution in [2.24, 2.45) is 5.41 Å². The first-order chi connectivity index (χ1) is 5.61. The lowest BCUT2D eigenvalue weighted by atomic mass is 9.74. The molecule has 0 aromatic carbocycles. The number of alkyl halides is 1. The lowest BCUT2D eigenvalue weighted by Gasteiger charge is -2.43. The van der Waals surface area contributed by atoms with E-state index in [1.54, 1.807) is 0 Å². The summed E-state index contributed by atoms with van der Waals surface area (Å²) >= 11 is 0. The molecule has 1 unspecified atom stereocenters. The van der Waals surface area contributed by atoms with Crippen molar-refractivity contribution in [2.75, 3.05) is 26.3 Å². The summed E-state index contributed by atoms with van der Waals surface area (Å²) in [5, 5.41) is 11.5. The number of hydrogen-bond acceptors (Lipinski definition) is 3. The number of carbonyl (C=O) groups is 1. The van der Waals surface area contributed by atoms with Crippen molar-refractivity contribution in [1.29, 1.82) is 0 Å². The van der Waals surface area contributed by atoms with E-state index >= 15 is 0 Å². The molecule has 2 fully saturated rings. The minimum Gasteiger partial charge on any atom is -0.479 e. The highest BCUT2D eigenvalue weighted by Gasteiger charge is 2.65. The molecular formula is C7H11ClFNO3. The number of aliphatic carboxylic acids is 1. The van der Waals surface area contributed by atoms with Gasteiger partial charge >= 0.3 is 5.97 Å². The van der Waals surface area contributed by atoms with Crippen LogP contribution in [0.25, 0.3) is 0 Å². The third kappa shape index (κ3) is 1.14. The van der Waals surface area contributed by atoms with E-state index in [1.165, 1.54) is 0 Å². The van der Waals surface area contributed by atoms with Crippen molar-refractivity contribution in [3.05, 3.63) is 0 Å². The summed E-state index contributed by atoms with van der Waals surface area (Å²) in [5.74, 6) is -1.38. The van der Waals surface area contributed by atoms with Gasteiger partial charge in [0.25, 0.3) is 0 Å². The maximum atomic E-state index is 13.8. The van der Waals surface area contributed by atoms with Crippen LogP contribution in [-0.4, -0.2) is 43.0 Å². The van der Waals surface area contributed by atoms with Gasteiger partial charge in [0.2, 0.25) is 5.67 Å². The zero-order chi connectivity index (χ0) is 8.82. The number of halogens is 2. The molecule has 2 aliphatic rings. The van der Waals surface area contributed by atoms with Crippen LogP contribution in [0.5, 0.6) is 0 Å². The smallest absolute Gasteiger partial charge is 0.343 e. The molecule has 0 bridgehead atoms. The highest BCUT2D eigenvalue weighted by Crippen LogP contribution is 2.44. The fourth-order valence-electron chi connectivity index (χ4n) is 1.78. The molecule has 1 spiro atoms. The lowest BCUT2D eigenvalue weighted by molar-refractivity contribution is -0.192. The summed E-state index contributed by atoms with van der Waals surface area (Å²) < 4.78 is 18.7. The van der Waals surface area contributed by atoms with Crippen molar-refractivity contribution in [1.82, 2.24) is 5.32 Å². The third-order valence-electron chi connectivity index (χ3n) is 2.77. The van der Waals surface area contributed by atoms with Gasteiger partial charge in [-0.15, -0.1) is 12.4 Å². The molecule has 2 N–H and O–H groups in total. The molecule has 2 rings (SSSR count). The minimum absolute atomic E-state index is 0. The molecule has 76 valence electrons. The maximum absolute atomic E-state index is 13.8. The van der Waals surface area contributed by atoms with Crippen LogP contribution in [0.2, 0.25) is 0 Å². The topological polar surface area (TPSA) is 58.6 Å². The first kappa shape index (κ1) is 10.7. The Morgan fingerprint density at radius 2 is 2.08 bits per heavy atom. The van der Waals surface area contributed by atoms with Crippen LogP contribution in [0.3, 0.4) is 0 Å². The summed E-state index contributed by atoms with van der Waals surface area (Å²) in [7, 11) is 0. The number of rotatable bonds is 1. The van der Waals surface area contributed by atoms with E-state index in [9.17, 15) is 9.18 Å². The Kier molecular flexibility index (Phi) is 2.53. The third-order valence-corrected chi connectivity index (χ3v) is 2.77. The molecule has 0 aromatic rings. The van der Waals surface area contributed by atoms with Crippen molar-refractivity contribution >= 4 is 18.4 Å². The fraction of sp³-hybridized carbons (Fsp3) is 0.857. The number of hydrogen-bond donors (Lipinski definition) is 2. The molecule has 0 saturated carbocycles. The molecular weight excluding hydrogens is 201 g/mol. The van der Waals surface area contributed by atoms with Crippen LogP contribution < -0.4 is 5.32 Å². The highest BCUT2D eigenvalue weighted by molar-refractivity contribution is 5.85. The van der Waals surface area contributed by atoms with Gasteiger partial charge in [-0.3, -0.25) is 0 Å². The molecule has 13 heavy (non-hydrogen) atoms. The van der Waals surface area contributed by atoms with Crippen molar-refractivity contribution < 1.29 is 19.0 Å². The predicted octanol–water partition coefficient (Wildman–Crippen LogP) is -0.179. The van der Waals surface area contributed by atoms with E-state index < -0.39 is 17.1 Å². The molecule has 4 nitrogen and oxygen atoms in total. The van der Waals surface area contributed by atoms with Gasteiger partial charge in [0.1, 0.15) is 0 Å². The van der Waals surface area contributed by atoms with Gasteiger partial charge in [-0.25, -0.2) is 9.18 Å². The van der Waals surface area contributed by atoms with Gasteiger partial charge in [-0.2, -0.15) is 0 Å². The largest absolute Gasteiger partial charge is 0.479 e. The molecule has 0 radical (unpaired) electrons. The number of carboxylic acids is 1. The Balaban J connectivity index is 0.000000845. The first-order valence-corrected chi connectivity index (χ1v) is 3.82. The van der Waals surface area contributed by atoms with Gasteiger partial charge in [0, 0.05) is 13.1 Å². The van der Waals surface area contributed by atoms with Crippen molar-refractivity contribution in [3.63, 3.8) is 0 Å². The normalized spacial score (nSPS) is 35.2. The summed E-state index contributed by atoms with van der Waals surface area (Å²) in [4.78, 5) is 10.7. The van der Waals surface area contributed by atoms with Crippen LogP contribution in [0.4, 0.5) is 4.39 Å². The summed E-state index contributed by atoms with van der Waals surface area (Å²) in [6, 6.07) is 0. The molecule has 2 saturated heterocycles. The second-order valence-corrected chi connectivity index (χ2v) is 3.48. The van der Waals surface area contributed by atoms with Crippen molar-refractivity contribution in [3.8, 4) is 0 Å². The molecule has 1 atom stereocenters. The van der Waals surface area contributed by atoms with Gasteiger partial charge < -0.3 is 15.2 Å². The first-order valence-electron chi connectivity index (χ1n) is 3.82. The lowest BCUT2D eigenvalue weighted by Crippen LogP contribution is -2.60. The van der Waals surface area contributed by atoms with E-state index in [-0.39, 0.29) is 32.2 Å². The molecule has 2 aliphatic heterocycles. The van der Waals surface area contributed by atoms with Crippen LogP contribution in [0.1, 0.15) is 0 Å². The fourth-order valence-corrected chi connectivity index (χ4v) is 1.78. The van der Waals surface area contributed by atoms with Gasteiger partial charge in [-0.05, 0) is 0 Å². The van der Waals surface area contributed by atoms with E-state index in [2.05, 4.69) is 5.32 Å². The number of nitrogens with one attached hydrogen (secondary N) is 1. The minimum atomic E-state index is -2.13. The molecule has 0 aromatic heterocycles. The number of ether oxygens (including phenoxy) is 1. The quantitative estimate of drug-likeness (QED) is 0.632. The predicted molar refractivity (Wildman–Crippen MR) is 44.8 cm³/mol. The maximum Gasteiger partial charge on any atom is 0.343 e. The Labute approximate surface area is 80.9 Å².